The first kappa shape index (κ1) is 23.8. The number of anilines is 1. The van der Waals surface area contributed by atoms with E-state index in [1.54, 1.807) is 18.3 Å². The van der Waals surface area contributed by atoms with Crippen LogP contribution in [0.5, 0.6) is 0 Å². The molecule has 2 heterocycles. The van der Waals surface area contributed by atoms with Gasteiger partial charge in [0, 0.05) is 28.7 Å². The second kappa shape index (κ2) is 9.50. The molecular weight excluding hydrogens is 456 g/mol. The molecule has 0 bridgehead atoms. The van der Waals surface area contributed by atoms with Gasteiger partial charge in [0.25, 0.3) is 0 Å². The third-order valence-corrected chi connectivity index (χ3v) is 8.70. The van der Waals surface area contributed by atoms with Gasteiger partial charge >= 0.3 is 0 Å². The van der Waals surface area contributed by atoms with Crippen molar-refractivity contribution in [3.63, 3.8) is 0 Å². The third kappa shape index (κ3) is 5.27. The topological polar surface area (TPSA) is 118 Å². The lowest BCUT2D eigenvalue weighted by atomic mass is 10.00. The average molecular weight is 487 g/mol. The minimum absolute atomic E-state index is 0.180. The molecule has 2 aromatic heterocycles. The van der Waals surface area contributed by atoms with Crippen LogP contribution >= 0.6 is 11.3 Å². The molecule has 1 saturated carbocycles. The van der Waals surface area contributed by atoms with Gasteiger partial charge in [0.15, 0.2) is 0 Å². The van der Waals surface area contributed by atoms with E-state index in [1.807, 2.05) is 38.3 Å². The molecule has 3 aromatic rings. The molecule has 0 radical (unpaired) electrons. The van der Waals surface area contributed by atoms with Crippen LogP contribution in [0.1, 0.15) is 43.2 Å². The van der Waals surface area contributed by atoms with E-state index in [0.717, 1.165) is 39.4 Å². The molecule has 4 N–H and O–H groups in total. The highest BCUT2D eigenvalue weighted by molar-refractivity contribution is 7.89. The molecule has 3 atom stereocenters. The molecule has 0 spiro atoms. The minimum atomic E-state index is -3.71. The molecule has 0 aliphatic heterocycles. The third-order valence-electron chi connectivity index (χ3n) is 6.40. The van der Waals surface area contributed by atoms with Gasteiger partial charge in [-0.1, -0.05) is 13.0 Å². The number of thiazole rings is 1. The Balaban J connectivity index is 1.64. The second-order valence-electron chi connectivity index (χ2n) is 8.90. The molecule has 9 heteroatoms. The van der Waals surface area contributed by atoms with Gasteiger partial charge in [0.1, 0.15) is 5.82 Å². The zero-order valence-electron chi connectivity index (χ0n) is 19.1. The summed E-state index contributed by atoms with van der Waals surface area (Å²) < 4.78 is 29.3. The van der Waals surface area contributed by atoms with Crippen molar-refractivity contribution in [2.24, 2.45) is 5.92 Å². The summed E-state index contributed by atoms with van der Waals surface area (Å²) in [4.78, 5) is 9.07. The number of benzene rings is 1. The van der Waals surface area contributed by atoms with E-state index in [0.29, 0.717) is 25.1 Å². The number of nitrogens with zero attached hydrogens (tertiary/aromatic N) is 2. The summed E-state index contributed by atoms with van der Waals surface area (Å²) in [5.41, 5.74) is 10.1. The number of aliphatic hydroxyl groups excluding tert-OH is 1. The summed E-state index contributed by atoms with van der Waals surface area (Å²) in [5, 5.41) is 13.0. The number of nitrogens with two attached hydrogens (primary N) is 1. The fourth-order valence-corrected chi connectivity index (χ4v) is 6.20. The van der Waals surface area contributed by atoms with Crippen molar-refractivity contribution in [2.45, 2.75) is 63.5 Å². The number of sulfonamides is 1. The van der Waals surface area contributed by atoms with Crippen LogP contribution in [-0.2, 0) is 10.0 Å². The standard InChI is InChI=1S/C24H30N4O3S2/c1-14-5-8-19(33(30,31)28-18-6-4-15(2)23(29)9-7-18)11-20(14)17-10-21(24(25)26-12-17)22-13-32-16(3)27-22/h5,8,10-13,15,18,23,28-29H,4,6-7,9H2,1-3H3,(H2,25,26)/t15-,18+,23-/m0/s1. The summed E-state index contributed by atoms with van der Waals surface area (Å²) >= 11 is 1.54. The van der Waals surface area contributed by atoms with Gasteiger partial charge in [-0.2, -0.15) is 0 Å². The van der Waals surface area contributed by atoms with Crippen molar-refractivity contribution in [2.75, 3.05) is 5.73 Å². The highest BCUT2D eigenvalue weighted by atomic mass is 32.2. The quantitative estimate of drug-likeness (QED) is 0.463. The van der Waals surface area contributed by atoms with Gasteiger partial charge in [-0.15, -0.1) is 11.3 Å². The van der Waals surface area contributed by atoms with Crippen molar-refractivity contribution in [1.82, 2.24) is 14.7 Å². The number of aromatic nitrogens is 2. The maximum absolute atomic E-state index is 13.2. The molecule has 0 saturated heterocycles. The van der Waals surface area contributed by atoms with E-state index in [-0.39, 0.29) is 23.0 Å². The van der Waals surface area contributed by atoms with Crippen LogP contribution in [0.3, 0.4) is 0 Å². The van der Waals surface area contributed by atoms with Gasteiger partial charge in [-0.05, 0) is 74.8 Å². The SMILES string of the molecule is Cc1nc(-c2cc(-c3cc(S(=O)(=O)N[C@@H]4CC[C@H](C)[C@@H](O)CC4)ccc3C)cnc2N)cs1. The highest BCUT2D eigenvalue weighted by Crippen LogP contribution is 2.33. The second-order valence-corrected chi connectivity index (χ2v) is 11.7. The number of nitrogen functional groups attached to an aromatic ring is 1. The lowest BCUT2D eigenvalue weighted by Crippen LogP contribution is -2.34. The number of rotatable bonds is 5. The molecule has 7 nitrogen and oxygen atoms in total. The van der Waals surface area contributed by atoms with Crippen molar-refractivity contribution in [1.29, 1.82) is 0 Å². The summed E-state index contributed by atoms with van der Waals surface area (Å²) in [6, 6.07) is 6.86. The van der Waals surface area contributed by atoms with Crippen molar-refractivity contribution >= 4 is 27.2 Å². The van der Waals surface area contributed by atoms with Crippen molar-refractivity contribution < 1.29 is 13.5 Å². The number of aryl methyl sites for hydroxylation is 2. The van der Waals surface area contributed by atoms with Crippen LogP contribution < -0.4 is 10.5 Å². The smallest absolute Gasteiger partial charge is 0.240 e. The molecule has 1 aliphatic rings. The zero-order valence-corrected chi connectivity index (χ0v) is 20.7. The highest BCUT2D eigenvalue weighted by Gasteiger charge is 2.27. The van der Waals surface area contributed by atoms with Gasteiger partial charge in [0.05, 0.1) is 21.7 Å². The van der Waals surface area contributed by atoms with Crippen molar-refractivity contribution in [3.05, 3.63) is 46.4 Å². The summed E-state index contributed by atoms with van der Waals surface area (Å²) in [7, 11) is -3.71. The first-order valence-electron chi connectivity index (χ1n) is 11.1. The monoisotopic (exact) mass is 486 g/mol. The lowest BCUT2D eigenvalue weighted by Gasteiger charge is -2.17. The zero-order chi connectivity index (χ0) is 23.8. The Hall–Kier alpha value is -2.33. The Labute approximate surface area is 199 Å². The van der Waals surface area contributed by atoms with E-state index in [4.69, 9.17) is 5.73 Å². The molecule has 33 heavy (non-hydrogen) atoms. The first-order chi connectivity index (χ1) is 15.6. The number of pyridine rings is 1. The Morgan fingerprint density at radius 1 is 1.12 bits per heavy atom. The molecule has 0 amide bonds. The van der Waals surface area contributed by atoms with Crippen LogP contribution in [0.25, 0.3) is 22.4 Å². The Morgan fingerprint density at radius 3 is 2.61 bits per heavy atom. The number of hydrogen-bond donors (Lipinski definition) is 3. The van der Waals surface area contributed by atoms with Crippen LogP contribution in [0.2, 0.25) is 0 Å². The molecule has 4 rings (SSSR count). The minimum Gasteiger partial charge on any atom is -0.393 e. The molecule has 1 fully saturated rings. The fraction of sp³-hybridized carbons (Fsp3) is 0.417. The summed E-state index contributed by atoms with van der Waals surface area (Å²) in [6.07, 6.45) is 4.03. The fourth-order valence-electron chi connectivity index (χ4n) is 4.26. The van der Waals surface area contributed by atoms with Gasteiger partial charge < -0.3 is 10.8 Å². The lowest BCUT2D eigenvalue weighted by molar-refractivity contribution is 0.110. The predicted octanol–water partition coefficient (Wildman–Crippen LogP) is 4.29. The van der Waals surface area contributed by atoms with Gasteiger partial charge in [-0.3, -0.25) is 0 Å². The maximum Gasteiger partial charge on any atom is 0.240 e. The molecule has 1 aliphatic carbocycles. The molecular formula is C24H30N4O3S2. The van der Waals surface area contributed by atoms with Crippen LogP contribution in [0, 0.1) is 19.8 Å². The largest absolute Gasteiger partial charge is 0.393 e. The molecule has 176 valence electrons. The molecule has 1 aromatic carbocycles. The number of hydrogen-bond acceptors (Lipinski definition) is 7. The average Bonchev–Trinajstić information content (AvgIpc) is 3.15. The normalized spacial score (nSPS) is 21.6. The van der Waals surface area contributed by atoms with Gasteiger partial charge in [0.2, 0.25) is 10.0 Å². The van der Waals surface area contributed by atoms with E-state index in [1.165, 1.54) is 11.3 Å². The first-order valence-corrected chi connectivity index (χ1v) is 13.5. The molecule has 0 unspecified atom stereocenters. The number of nitrogens with one attached hydrogen (secondary N) is 1. The van der Waals surface area contributed by atoms with Gasteiger partial charge in [-0.25, -0.2) is 23.1 Å². The van der Waals surface area contributed by atoms with Crippen LogP contribution in [0.4, 0.5) is 5.82 Å². The maximum atomic E-state index is 13.2. The summed E-state index contributed by atoms with van der Waals surface area (Å²) in [6.45, 7) is 5.88. The summed E-state index contributed by atoms with van der Waals surface area (Å²) in [5.74, 6) is 0.566. The Bertz CT molecular complexity index is 1240. The van der Waals surface area contributed by atoms with E-state index < -0.39 is 10.0 Å². The Kier molecular flexibility index (Phi) is 6.86. The van der Waals surface area contributed by atoms with E-state index in [9.17, 15) is 13.5 Å². The van der Waals surface area contributed by atoms with Crippen molar-refractivity contribution in [3.8, 4) is 22.4 Å². The van der Waals surface area contributed by atoms with E-state index >= 15 is 0 Å². The van der Waals surface area contributed by atoms with Crippen LogP contribution in [-0.4, -0.2) is 35.6 Å². The Morgan fingerprint density at radius 2 is 1.88 bits per heavy atom. The number of aliphatic hydroxyl groups is 1. The predicted molar refractivity (Wildman–Crippen MR) is 132 cm³/mol. The van der Waals surface area contributed by atoms with E-state index in [2.05, 4.69) is 14.7 Å². The van der Waals surface area contributed by atoms with Crippen LogP contribution in [0.15, 0.2) is 40.7 Å².